The van der Waals surface area contributed by atoms with Crippen LogP contribution in [0.25, 0.3) is 5.70 Å². The number of hydrogen-bond acceptors (Lipinski definition) is 8. The van der Waals surface area contributed by atoms with E-state index >= 15 is 0 Å². The number of nitrogens with zero attached hydrogens (tertiary/aromatic N) is 2. The third kappa shape index (κ3) is 3.57. The van der Waals surface area contributed by atoms with E-state index in [0.717, 1.165) is 40.1 Å². The normalized spacial score (nSPS) is 16.1. The number of anilines is 1. The molecule has 9 nitrogen and oxygen atoms in total. The zero-order valence-corrected chi connectivity index (χ0v) is 16.8. The number of nitrogens with one attached hydrogen (secondary N) is 2. The molecular formula is C22H21N5O4. The molecular weight excluding hydrogens is 398 g/mol. The molecule has 5 rings (SSSR count). The number of nitrogens with two attached hydrogens (primary N) is 1. The van der Waals surface area contributed by atoms with Crippen molar-refractivity contribution in [1.29, 1.82) is 0 Å². The number of amides is 1. The number of carbonyl (C=O) groups excluding carboxylic acids is 1. The highest BCUT2D eigenvalue weighted by molar-refractivity contribution is 5.77. The number of rotatable bonds is 6. The van der Waals surface area contributed by atoms with E-state index in [2.05, 4.69) is 10.6 Å². The van der Waals surface area contributed by atoms with E-state index < -0.39 is 5.91 Å². The van der Waals surface area contributed by atoms with Crippen LogP contribution in [-0.2, 0) is 4.79 Å². The van der Waals surface area contributed by atoms with Crippen LogP contribution in [0.1, 0.15) is 5.56 Å². The van der Waals surface area contributed by atoms with Gasteiger partial charge in [0.1, 0.15) is 23.9 Å². The standard InChI is InChI=1S/C22H21N5O4/c1-29-16-5-2-14(3-6-16)21-22(24-15-4-7-17-18(10-15)31-13-30-17)27-9-8-26(11-19(23)28)12-20(27)25-21/h2-10,12,24-25H,11,13H2,1H3,(H2,23,28). The second-order valence-corrected chi connectivity index (χ2v) is 7.09. The second kappa shape index (κ2) is 7.52. The van der Waals surface area contributed by atoms with Crippen molar-refractivity contribution in [3.8, 4) is 17.2 Å². The summed E-state index contributed by atoms with van der Waals surface area (Å²) in [5.74, 6) is 3.40. The average Bonchev–Trinajstić information content (AvgIpc) is 3.37. The van der Waals surface area contributed by atoms with E-state index in [-0.39, 0.29) is 13.3 Å². The third-order valence-electron chi connectivity index (χ3n) is 5.04. The van der Waals surface area contributed by atoms with Gasteiger partial charge in [0.25, 0.3) is 0 Å². The summed E-state index contributed by atoms with van der Waals surface area (Å²) in [6.07, 6.45) is 5.51. The van der Waals surface area contributed by atoms with Gasteiger partial charge in [-0.1, -0.05) is 0 Å². The Hall–Kier alpha value is -4.27. The molecule has 0 fully saturated rings. The summed E-state index contributed by atoms with van der Waals surface area (Å²) in [6, 6.07) is 13.5. The molecule has 3 aliphatic heterocycles. The molecule has 0 saturated heterocycles. The van der Waals surface area contributed by atoms with Crippen LogP contribution in [0, 0.1) is 0 Å². The van der Waals surface area contributed by atoms with Crippen molar-refractivity contribution in [3.05, 3.63) is 78.3 Å². The SMILES string of the molecule is COc1ccc(C2=C(Nc3ccc4c(c3)OCO4)N3C=CN(CC(N)=O)C=C3N2)cc1. The maximum absolute atomic E-state index is 11.3. The Kier molecular flexibility index (Phi) is 4.55. The van der Waals surface area contributed by atoms with Gasteiger partial charge < -0.3 is 35.5 Å². The van der Waals surface area contributed by atoms with E-state index in [1.807, 2.05) is 59.8 Å². The van der Waals surface area contributed by atoms with E-state index in [0.29, 0.717) is 5.75 Å². The highest BCUT2D eigenvalue weighted by Gasteiger charge is 2.30. The maximum atomic E-state index is 11.3. The molecule has 0 bridgehead atoms. The van der Waals surface area contributed by atoms with Crippen molar-refractivity contribution in [2.24, 2.45) is 5.73 Å². The predicted molar refractivity (Wildman–Crippen MR) is 114 cm³/mol. The molecule has 9 heteroatoms. The highest BCUT2D eigenvalue weighted by atomic mass is 16.7. The minimum Gasteiger partial charge on any atom is -0.497 e. The highest BCUT2D eigenvalue weighted by Crippen LogP contribution is 2.37. The third-order valence-corrected chi connectivity index (χ3v) is 5.04. The fraction of sp³-hybridized carbons (Fsp3) is 0.136. The van der Waals surface area contributed by atoms with Crippen LogP contribution in [0.4, 0.5) is 5.69 Å². The monoisotopic (exact) mass is 419 g/mol. The van der Waals surface area contributed by atoms with Crippen molar-refractivity contribution in [3.63, 3.8) is 0 Å². The largest absolute Gasteiger partial charge is 0.497 e. The summed E-state index contributed by atoms with van der Waals surface area (Å²) >= 11 is 0. The van der Waals surface area contributed by atoms with Gasteiger partial charge in [-0.3, -0.25) is 9.69 Å². The Morgan fingerprint density at radius 2 is 1.97 bits per heavy atom. The molecule has 3 heterocycles. The van der Waals surface area contributed by atoms with Crippen molar-refractivity contribution in [1.82, 2.24) is 15.1 Å². The molecule has 0 radical (unpaired) electrons. The van der Waals surface area contributed by atoms with Crippen LogP contribution in [0.3, 0.4) is 0 Å². The summed E-state index contributed by atoms with van der Waals surface area (Å²) in [7, 11) is 1.64. The summed E-state index contributed by atoms with van der Waals surface area (Å²) in [6.45, 7) is 0.315. The van der Waals surface area contributed by atoms with Crippen LogP contribution >= 0.6 is 0 Å². The smallest absolute Gasteiger partial charge is 0.237 e. The van der Waals surface area contributed by atoms with Crippen molar-refractivity contribution in [2.45, 2.75) is 0 Å². The quantitative estimate of drug-likeness (QED) is 0.655. The molecule has 0 atom stereocenters. The Labute approximate surface area is 179 Å². The van der Waals surface area contributed by atoms with E-state index in [4.69, 9.17) is 19.9 Å². The molecule has 4 N–H and O–H groups in total. The van der Waals surface area contributed by atoms with Crippen LogP contribution < -0.4 is 30.6 Å². The van der Waals surface area contributed by atoms with E-state index in [1.165, 1.54) is 0 Å². The van der Waals surface area contributed by atoms with Gasteiger partial charge in [0.15, 0.2) is 11.5 Å². The number of primary amides is 1. The van der Waals surface area contributed by atoms with Crippen LogP contribution in [0.2, 0.25) is 0 Å². The van der Waals surface area contributed by atoms with Crippen LogP contribution in [0.15, 0.2) is 72.7 Å². The number of hydrogen-bond donors (Lipinski definition) is 3. The number of ether oxygens (including phenoxy) is 3. The van der Waals surface area contributed by atoms with Gasteiger partial charge in [-0.25, -0.2) is 0 Å². The Morgan fingerprint density at radius 3 is 2.74 bits per heavy atom. The molecule has 0 aromatic heterocycles. The van der Waals surface area contributed by atoms with Crippen molar-refractivity contribution in [2.75, 3.05) is 25.8 Å². The molecule has 1 amide bonds. The van der Waals surface area contributed by atoms with Gasteiger partial charge >= 0.3 is 0 Å². The maximum Gasteiger partial charge on any atom is 0.237 e. The van der Waals surface area contributed by atoms with Crippen LogP contribution in [-0.4, -0.2) is 36.2 Å². The number of methoxy groups -OCH3 is 1. The topological polar surface area (TPSA) is 101 Å². The van der Waals surface area contributed by atoms with Gasteiger partial charge in [0.2, 0.25) is 12.7 Å². The molecule has 0 saturated carbocycles. The summed E-state index contributed by atoms with van der Waals surface area (Å²) in [5.41, 5.74) is 8.03. The predicted octanol–water partition coefficient (Wildman–Crippen LogP) is 2.14. The molecule has 2 aromatic carbocycles. The molecule has 31 heavy (non-hydrogen) atoms. The fourth-order valence-electron chi connectivity index (χ4n) is 3.57. The molecule has 3 aliphatic rings. The lowest BCUT2D eigenvalue weighted by Gasteiger charge is -2.26. The van der Waals surface area contributed by atoms with Gasteiger partial charge in [0.05, 0.1) is 12.8 Å². The van der Waals surface area contributed by atoms with Gasteiger partial charge in [-0.2, -0.15) is 0 Å². The lowest BCUT2D eigenvalue weighted by Crippen LogP contribution is -2.32. The number of fused-ring (bicyclic) bond motifs is 2. The first-order valence-electron chi connectivity index (χ1n) is 9.66. The zero-order chi connectivity index (χ0) is 21.4. The minimum atomic E-state index is -0.407. The Bertz CT molecular complexity index is 1120. The lowest BCUT2D eigenvalue weighted by atomic mass is 10.1. The van der Waals surface area contributed by atoms with Crippen LogP contribution in [0.5, 0.6) is 17.2 Å². The first-order chi connectivity index (χ1) is 15.1. The average molecular weight is 419 g/mol. The van der Waals surface area contributed by atoms with Gasteiger partial charge in [0, 0.05) is 35.9 Å². The van der Waals surface area contributed by atoms with Gasteiger partial charge in [-0.05, 0) is 36.4 Å². The van der Waals surface area contributed by atoms with Crippen molar-refractivity contribution < 1.29 is 19.0 Å². The zero-order valence-electron chi connectivity index (χ0n) is 16.8. The van der Waals surface area contributed by atoms with Gasteiger partial charge in [-0.15, -0.1) is 0 Å². The molecule has 0 spiro atoms. The molecule has 0 unspecified atom stereocenters. The number of carbonyl (C=O) groups is 1. The first-order valence-corrected chi connectivity index (χ1v) is 9.66. The Balaban J connectivity index is 1.51. The lowest BCUT2D eigenvalue weighted by molar-refractivity contribution is -0.118. The molecule has 2 aromatic rings. The summed E-state index contributed by atoms with van der Waals surface area (Å²) < 4.78 is 16.2. The molecule has 158 valence electrons. The molecule has 0 aliphatic carbocycles. The fourth-order valence-corrected chi connectivity index (χ4v) is 3.57. The van der Waals surface area contributed by atoms with Crippen molar-refractivity contribution >= 4 is 17.3 Å². The summed E-state index contributed by atoms with van der Waals surface area (Å²) in [5, 5.41) is 6.91. The number of benzene rings is 2. The second-order valence-electron chi connectivity index (χ2n) is 7.09. The Morgan fingerprint density at radius 1 is 1.16 bits per heavy atom. The van der Waals surface area contributed by atoms with E-state index in [1.54, 1.807) is 18.2 Å². The minimum absolute atomic E-state index is 0.0955. The van der Waals surface area contributed by atoms with E-state index in [9.17, 15) is 4.79 Å². The summed E-state index contributed by atoms with van der Waals surface area (Å²) in [4.78, 5) is 15.0. The first kappa shape index (κ1) is 18.7.